The third kappa shape index (κ3) is 1.08. The Bertz CT molecular complexity index is 269. The Morgan fingerprint density at radius 1 is 1.54 bits per heavy atom. The highest BCUT2D eigenvalue weighted by Gasteiger charge is 2.50. The summed E-state index contributed by atoms with van der Waals surface area (Å²) in [5.41, 5.74) is 0.690. The third-order valence-corrected chi connectivity index (χ3v) is 3.96. The van der Waals surface area contributed by atoms with E-state index in [9.17, 15) is 9.90 Å². The van der Waals surface area contributed by atoms with Gasteiger partial charge in [-0.3, -0.25) is 4.79 Å². The molecule has 2 aliphatic rings. The number of ketones is 1. The van der Waals surface area contributed by atoms with Gasteiger partial charge in [-0.1, -0.05) is 13.5 Å². The average molecular weight is 180 g/mol. The Hall–Kier alpha value is -0.630. The Balaban J connectivity index is 2.31. The zero-order chi connectivity index (χ0) is 9.64. The minimum Gasteiger partial charge on any atom is -0.393 e. The molecule has 2 rings (SSSR count). The van der Waals surface area contributed by atoms with Crippen LogP contribution in [0.1, 0.15) is 32.6 Å². The largest absolute Gasteiger partial charge is 0.393 e. The molecular formula is C11H16O2. The van der Waals surface area contributed by atoms with E-state index in [1.54, 1.807) is 0 Å². The van der Waals surface area contributed by atoms with Gasteiger partial charge < -0.3 is 5.11 Å². The molecule has 2 aliphatic carbocycles. The van der Waals surface area contributed by atoms with Crippen LogP contribution in [0, 0.1) is 11.3 Å². The van der Waals surface area contributed by atoms with Crippen LogP contribution in [0.25, 0.3) is 0 Å². The van der Waals surface area contributed by atoms with Crippen molar-refractivity contribution in [2.75, 3.05) is 0 Å². The van der Waals surface area contributed by atoms with Crippen molar-refractivity contribution >= 4 is 5.78 Å². The smallest absolute Gasteiger partial charge is 0.158 e. The lowest BCUT2D eigenvalue weighted by Crippen LogP contribution is -2.38. The van der Waals surface area contributed by atoms with Crippen LogP contribution in [0.15, 0.2) is 12.2 Å². The molecule has 0 aliphatic heterocycles. The lowest BCUT2D eigenvalue weighted by molar-refractivity contribution is -0.119. The third-order valence-electron chi connectivity index (χ3n) is 3.96. The molecule has 2 saturated carbocycles. The average Bonchev–Trinajstić information content (AvgIpc) is 2.39. The van der Waals surface area contributed by atoms with Crippen LogP contribution in [0.3, 0.4) is 0 Å². The van der Waals surface area contributed by atoms with Crippen molar-refractivity contribution in [1.82, 2.24) is 0 Å². The van der Waals surface area contributed by atoms with Crippen LogP contribution in [0.4, 0.5) is 0 Å². The molecule has 2 heteroatoms. The minimum absolute atomic E-state index is 0.0645. The van der Waals surface area contributed by atoms with Crippen LogP contribution in [-0.4, -0.2) is 17.0 Å². The molecule has 2 fully saturated rings. The Morgan fingerprint density at radius 2 is 2.23 bits per heavy atom. The Labute approximate surface area is 78.6 Å². The van der Waals surface area contributed by atoms with Gasteiger partial charge >= 0.3 is 0 Å². The predicted octanol–water partition coefficient (Wildman–Crippen LogP) is 1.68. The number of rotatable bonds is 0. The normalized spacial score (nSPS) is 45.1. The van der Waals surface area contributed by atoms with Gasteiger partial charge in [0.2, 0.25) is 0 Å². The van der Waals surface area contributed by atoms with Crippen molar-refractivity contribution in [3.8, 4) is 0 Å². The second-order valence-electron chi connectivity index (χ2n) is 4.60. The highest BCUT2D eigenvalue weighted by molar-refractivity contribution is 5.96. The number of aliphatic hydroxyl groups excluding tert-OH is 1. The van der Waals surface area contributed by atoms with E-state index in [0.717, 1.165) is 24.8 Å². The quantitative estimate of drug-likeness (QED) is 0.576. The summed E-state index contributed by atoms with van der Waals surface area (Å²) in [6.07, 6.45) is 2.93. The molecule has 0 aromatic heterocycles. The van der Waals surface area contributed by atoms with Crippen molar-refractivity contribution in [3.63, 3.8) is 0 Å². The number of hydrogen-bond acceptors (Lipinski definition) is 2. The molecule has 0 saturated heterocycles. The monoisotopic (exact) mass is 180 g/mol. The van der Waals surface area contributed by atoms with Crippen molar-refractivity contribution in [3.05, 3.63) is 12.2 Å². The number of fused-ring (bicyclic) bond motifs is 1. The molecule has 3 atom stereocenters. The zero-order valence-corrected chi connectivity index (χ0v) is 8.05. The summed E-state index contributed by atoms with van der Waals surface area (Å²) in [5, 5.41) is 9.84. The van der Waals surface area contributed by atoms with E-state index >= 15 is 0 Å². The Kier molecular flexibility index (Phi) is 1.84. The number of hydrogen-bond donors (Lipinski definition) is 1. The first kappa shape index (κ1) is 8.95. The summed E-state index contributed by atoms with van der Waals surface area (Å²) in [5.74, 6) is 0.445. The van der Waals surface area contributed by atoms with Crippen LogP contribution in [-0.2, 0) is 4.79 Å². The summed E-state index contributed by atoms with van der Waals surface area (Å²) in [7, 11) is 0. The number of allylic oxidation sites excluding steroid dienone is 1. The molecule has 0 unspecified atom stereocenters. The number of carbonyl (C=O) groups excluding carboxylic acids is 1. The van der Waals surface area contributed by atoms with Gasteiger partial charge in [0.05, 0.1) is 6.10 Å². The maximum absolute atomic E-state index is 11.4. The van der Waals surface area contributed by atoms with Crippen LogP contribution in [0.5, 0.6) is 0 Å². The predicted molar refractivity (Wildman–Crippen MR) is 50.2 cm³/mol. The molecule has 0 heterocycles. The van der Waals surface area contributed by atoms with E-state index in [4.69, 9.17) is 0 Å². The molecule has 72 valence electrons. The standard InChI is InChI=1S/C11H16O2/c1-7-8-3-4-10(13)11(8,2)6-5-9(7)12/h8,10,13H,1,3-6H2,2H3/t8-,10-,11-/m0/s1. The molecule has 0 amide bonds. The molecule has 0 aromatic rings. The van der Waals surface area contributed by atoms with Gasteiger partial charge in [-0.2, -0.15) is 0 Å². The van der Waals surface area contributed by atoms with Crippen molar-refractivity contribution in [2.24, 2.45) is 11.3 Å². The number of Topliss-reactive ketones (excluding diaryl/α,β-unsaturated/α-hetero) is 1. The highest BCUT2D eigenvalue weighted by atomic mass is 16.3. The SMILES string of the molecule is C=C1C(=O)CC[C@]2(C)[C@@H](O)CC[C@@H]12. The maximum Gasteiger partial charge on any atom is 0.158 e. The number of carbonyl (C=O) groups is 1. The number of aliphatic hydroxyl groups is 1. The van der Waals surface area contributed by atoms with Gasteiger partial charge in [-0.25, -0.2) is 0 Å². The minimum atomic E-state index is -0.234. The van der Waals surface area contributed by atoms with Gasteiger partial charge in [-0.05, 0) is 30.8 Å². The Morgan fingerprint density at radius 3 is 2.92 bits per heavy atom. The van der Waals surface area contributed by atoms with Gasteiger partial charge in [0.1, 0.15) is 0 Å². The van der Waals surface area contributed by atoms with Crippen LogP contribution < -0.4 is 0 Å². The summed E-state index contributed by atoms with van der Waals surface area (Å²) >= 11 is 0. The van der Waals surface area contributed by atoms with Gasteiger partial charge in [0, 0.05) is 11.8 Å². The van der Waals surface area contributed by atoms with E-state index in [-0.39, 0.29) is 23.2 Å². The van der Waals surface area contributed by atoms with Crippen LogP contribution >= 0.6 is 0 Å². The van der Waals surface area contributed by atoms with E-state index in [0.29, 0.717) is 6.42 Å². The second kappa shape index (κ2) is 2.68. The summed E-state index contributed by atoms with van der Waals surface area (Å²) in [6.45, 7) is 5.95. The van der Waals surface area contributed by atoms with E-state index < -0.39 is 0 Å². The molecule has 0 aromatic carbocycles. The molecule has 0 spiro atoms. The van der Waals surface area contributed by atoms with Crippen LogP contribution in [0.2, 0.25) is 0 Å². The fraction of sp³-hybridized carbons (Fsp3) is 0.727. The first-order chi connectivity index (χ1) is 6.05. The zero-order valence-electron chi connectivity index (χ0n) is 8.05. The topological polar surface area (TPSA) is 37.3 Å². The van der Waals surface area contributed by atoms with Gasteiger partial charge in [-0.15, -0.1) is 0 Å². The summed E-state index contributed by atoms with van der Waals surface area (Å²) < 4.78 is 0. The van der Waals surface area contributed by atoms with Crippen molar-refractivity contribution in [1.29, 1.82) is 0 Å². The first-order valence-corrected chi connectivity index (χ1v) is 4.96. The highest BCUT2D eigenvalue weighted by Crippen LogP contribution is 2.52. The summed E-state index contributed by atoms with van der Waals surface area (Å²) in [6, 6.07) is 0. The molecular weight excluding hydrogens is 164 g/mol. The fourth-order valence-corrected chi connectivity index (χ4v) is 2.87. The molecule has 1 N–H and O–H groups in total. The van der Waals surface area contributed by atoms with E-state index in [2.05, 4.69) is 13.5 Å². The summed E-state index contributed by atoms with van der Waals surface area (Å²) in [4.78, 5) is 11.4. The molecule has 0 bridgehead atoms. The van der Waals surface area contributed by atoms with Crippen molar-refractivity contribution in [2.45, 2.75) is 38.7 Å². The fourth-order valence-electron chi connectivity index (χ4n) is 2.87. The van der Waals surface area contributed by atoms with Gasteiger partial charge in [0.25, 0.3) is 0 Å². The first-order valence-electron chi connectivity index (χ1n) is 4.96. The molecule has 13 heavy (non-hydrogen) atoms. The lowest BCUT2D eigenvalue weighted by Gasteiger charge is -2.38. The molecule has 2 nitrogen and oxygen atoms in total. The van der Waals surface area contributed by atoms with Crippen molar-refractivity contribution < 1.29 is 9.90 Å². The molecule has 0 radical (unpaired) electrons. The van der Waals surface area contributed by atoms with Gasteiger partial charge in [0.15, 0.2) is 5.78 Å². The lowest BCUT2D eigenvalue weighted by atomic mass is 9.66. The van der Waals surface area contributed by atoms with E-state index in [1.165, 1.54) is 0 Å². The maximum atomic E-state index is 11.4. The van der Waals surface area contributed by atoms with E-state index in [1.807, 2.05) is 0 Å². The second-order valence-corrected chi connectivity index (χ2v) is 4.60.